The van der Waals surface area contributed by atoms with Crippen molar-refractivity contribution in [1.29, 1.82) is 0 Å². The lowest BCUT2D eigenvalue weighted by Gasteiger charge is -2.32. The molecule has 2 unspecified atom stereocenters. The van der Waals surface area contributed by atoms with Gasteiger partial charge >= 0.3 is 6.18 Å². The molecule has 1 aliphatic carbocycles. The van der Waals surface area contributed by atoms with Gasteiger partial charge in [0.1, 0.15) is 0 Å². The van der Waals surface area contributed by atoms with Gasteiger partial charge in [-0.1, -0.05) is 12.8 Å². The van der Waals surface area contributed by atoms with Crippen molar-refractivity contribution in [3.05, 3.63) is 11.8 Å². The second kappa shape index (κ2) is 5.33. The van der Waals surface area contributed by atoms with E-state index in [1.54, 1.807) is 0 Å². The van der Waals surface area contributed by atoms with Crippen LogP contribution < -0.4 is 0 Å². The van der Waals surface area contributed by atoms with Crippen LogP contribution in [0.15, 0.2) is 11.8 Å². The highest BCUT2D eigenvalue weighted by molar-refractivity contribution is 5.97. The van der Waals surface area contributed by atoms with Gasteiger partial charge in [0.2, 0.25) is 0 Å². The second-order valence-corrected chi connectivity index (χ2v) is 5.02. The lowest BCUT2D eigenvalue weighted by atomic mass is 9.74. The van der Waals surface area contributed by atoms with Gasteiger partial charge in [-0.25, -0.2) is 0 Å². The maximum atomic E-state index is 12.9. The molecule has 1 aliphatic heterocycles. The number of carbonyl (C=O) groups excluding carboxylic acids is 1. The average Bonchev–Trinajstić information content (AvgIpc) is 2.38. The van der Waals surface area contributed by atoms with Gasteiger partial charge in [0.25, 0.3) is 0 Å². The monoisotopic (exact) mass is 262 g/mol. The van der Waals surface area contributed by atoms with E-state index in [0.29, 0.717) is 44.3 Å². The number of allylic oxidation sites excluding steroid dienone is 1. The predicted octanol–water partition coefficient (Wildman–Crippen LogP) is 3.62. The van der Waals surface area contributed by atoms with Crippen LogP contribution in [-0.2, 0) is 9.53 Å². The van der Waals surface area contributed by atoms with Crippen LogP contribution in [0.5, 0.6) is 0 Å². The van der Waals surface area contributed by atoms with E-state index in [0.717, 1.165) is 0 Å². The van der Waals surface area contributed by atoms with Crippen molar-refractivity contribution in [1.82, 2.24) is 0 Å². The Labute approximate surface area is 104 Å². The molecule has 1 fully saturated rings. The van der Waals surface area contributed by atoms with Crippen LogP contribution >= 0.6 is 0 Å². The van der Waals surface area contributed by atoms with Crippen molar-refractivity contribution in [3.63, 3.8) is 0 Å². The number of ketones is 1. The molecule has 2 rings (SSSR count). The van der Waals surface area contributed by atoms with Gasteiger partial charge in [-0.15, -0.1) is 0 Å². The highest BCUT2D eigenvalue weighted by Gasteiger charge is 2.48. The van der Waals surface area contributed by atoms with Crippen molar-refractivity contribution in [3.8, 4) is 0 Å². The molecule has 2 atom stereocenters. The maximum absolute atomic E-state index is 12.9. The molecule has 2 nitrogen and oxygen atoms in total. The van der Waals surface area contributed by atoms with Crippen molar-refractivity contribution in [2.24, 2.45) is 11.8 Å². The third kappa shape index (κ3) is 2.87. The number of hydrogen-bond acceptors (Lipinski definition) is 2. The minimum absolute atomic E-state index is 0.0774. The summed E-state index contributed by atoms with van der Waals surface area (Å²) in [5.74, 6) is -2.72. The van der Waals surface area contributed by atoms with E-state index in [2.05, 4.69) is 0 Å². The Morgan fingerprint density at radius 1 is 1.22 bits per heavy atom. The Morgan fingerprint density at radius 3 is 2.56 bits per heavy atom. The molecule has 0 bridgehead atoms. The first-order valence-corrected chi connectivity index (χ1v) is 6.41. The highest BCUT2D eigenvalue weighted by Crippen LogP contribution is 2.43. The topological polar surface area (TPSA) is 26.3 Å². The molecule has 0 aromatic heterocycles. The zero-order chi connectivity index (χ0) is 13.2. The van der Waals surface area contributed by atoms with E-state index in [-0.39, 0.29) is 12.2 Å². The Hall–Kier alpha value is -1.00. The smallest absolute Gasteiger partial charge is 0.392 e. The molecule has 102 valence electrons. The molecule has 2 aliphatic rings. The number of ether oxygens (including phenoxy) is 1. The van der Waals surface area contributed by atoms with E-state index >= 15 is 0 Å². The Kier molecular flexibility index (Phi) is 3.97. The molecule has 0 saturated heterocycles. The fourth-order valence-electron chi connectivity index (χ4n) is 2.82. The lowest BCUT2D eigenvalue weighted by molar-refractivity contribution is -0.196. The molecule has 0 spiro atoms. The maximum Gasteiger partial charge on any atom is 0.392 e. The third-order valence-electron chi connectivity index (χ3n) is 3.77. The molecule has 18 heavy (non-hydrogen) atoms. The largest absolute Gasteiger partial charge is 0.501 e. The Bertz CT molecular complexity index is 347. The van der Waals surface area contributed by atoms with E-state index < -0.39 is 18.0 Å². The summed E-state index contributed by atoms with van der Waals surface area (Å²) in [6.45, 7) is 0.546. The number of carbonyl (C=O) groups is 1. The summed E-state index contributed by atoms with van der Waals surface area (Å²) in [6.07, 6.45) is 0.0284. The van der Waals surface area contributed by atoms with E-state index in [1.165, 1.54) is 6.26 Å². The molecule has 0 aromatic carbocycles. The molecule has 0 amide bonds. The molecule has 1 saturated carbocycles. The summed E-state index contributed by atoms with van der Waals surface area (Å²) in [5, 5.41) is 0. The predicted molar refractivity (Wildman–Crippen MR) is 59.8 cm³/mol. The number of Topliss-reactive ketones (excluding diaryl/α,β-unsaturated/α-hetero) is 1. The first-order chi connectivity index (χ1) is 8.50. The average molecular weight is 262 g/mol. The summed E-state index contributed by atoms with van der Waals surface area (Å²) < 4.78 is 43.8. The Balaban J connectivity index is 2.13. The van der Waals surface area contributed by atoms with Gasteiger partial charge in [0.05, 0.1) is 18.8 Å². The van der Waals surface area contributed by atoms with E-state index in [9.17, 15) is 18.0 Å². The SMILES string of the molecule is O=C(C1=COCCC1)C1CCCCC1C(F)(F)F. The number of rotatable bonds is 2. The molecule has 0 radical (unpaired) electrons. The standard InChI is InChI=1S/C13H17F3O2/c14-13(15,16)11-6-2-1-5-10(11)12(17)9-4-3-7-18-8-9/h8,10-11H,1-7H2. The van der Waals surface area contributed by atoms with Crippen LogP contribution in [0.25, 0.3) is 0 Å². The Morgan fingerprint density at radius 2 is 1.94 bits per heavy atom. The second-order valence-electron chi connectivity index (χ2n) is 5.02. The van der Waals surface area contributed by atoms with Gasteiger partial charge in [-0.2, -0.15) is 13.2 Å². The first-order valence-electron chi connectivity index (χ1n) is 6.41. The normalized spacial score (nSPS) is 29.4. The summed E-state index contributed by atoms with van der Waals surface area (Å²) >= 11 is 0. The van der Waals surface area contributed by atoms with Gasteiger partial charge in [0, 0.05) is 11.5 Å². The fraction of sp³-hybridized carbons (Fsp3) is 0.769. The number of halogens is 3. The first kappa shape index (κ1) is 13.4. The van der Waals surface area contributed by atoms with Crippen LogP contribution in [0.4, 0.5) is 13.2 Å². The van der Waals surface area contributed by atoms with Crippen LogP contribution in [-0.4, -0.2) is 18.6 Å². The fourth-order valence-corrected chi connectivity index (χ4v) is 2.82. The highest BCUT2D eigenvalue weighted by atomic mass is 19.4. The minimum Gasteiger partial charge on any atom is -0.501 e. The van der Waals surface area contributed by atoms with Gasteiger partial charge < -0.3 is 4.74 Å². The lowest BCUT2D eigenvalue weighted by Crippen LogP contribution is -2.38. The minimum atomic E-state index is -4.27. The quantitative estimate of drug-likeness (QED) is 0.759. The van der Waals surface area contributed by atoms with E-state index in [4.69, 9.17) is 4.74 Å². The third-order valence-corrected chi connectivity index (χ3v) is 3.77. The number of hydrogen-bond donors (Lipinski definition) is 0. The van der Waals surface area contributed by atoms with Gasteiger partial charge in [0.15, 0.2) is 5.78 Å². The summed E-state index contributed by atoms with van der Waals surface area (Å²) in [5.41, 5.74) is 0.433. The van der Waals surface area contributed by atoms with Crippen LogP contribution in [0, 0.1) is 11.8 Å². The molecule has 0 N–H and O–H groups in total. The summed E-state index contributed by atoms with van der Waals surface area (Å²) in [4.78, 5) is 12.2. The van der Waals surface area contributed by atoms with Crippen molar-refractivity contribution < 1.29 is 22.7 Å². The van der Waals surface area contributed by atoms with Gasteiger partial charge in [-0.05, 0) is 25.7 Å². The molecule has 1 heterocycles. The number of alkyl halides is 3. The van der Waals surface area contributed by atoms with Crippen LogP contribution in [0.3, 0.4) is 0 Å². The molecule has 0 aromatic rings. The van der Waals surface area contributed by atoms with E-state index in [1.807, 2.05) is 0 Å². The van der Waals surface area contributed by atoms with Gasteiger partial charge in [-0.3, -0.25) is 4.79 Å². The summed E-state index contributed by atoms with van der Waals surface area (Å²) in [6, 6.07) is 0. The van der Waals surface area contributed by atoms with Crippen LogP contribution in [0.2, 0.25) is 0 Å². The molecule has 5 heteroatoms. The van der Waals surface area contributed by atoms with Crippen molar-refractivity contribution >= 4 is 5.78 Å². The zero-order valence-electron chi connectivity index (χ0n) is 10.1. The van der Waals surface area contributed by atoms with Crippen LogP contribution in [0.1, 0.15) is 38.5 Å². The molecular formula is C13H17F3O2. The van der Waals surface area contributed by atoms with Crippen molar-refractivity contribution in [2.75, 3.05) is 6.61 Å². The summed E-state index contributed by atoms with van der Waals surface area (Å²) in [7, 11) is 0. The zero-order valence-corrected chi connectivity index (χ0v) is 10.1. The molecular weight excluding hydrogens is 245 g/mol. The van der Waals surface area contributed by atoms with Crippen molar-refractivity contribution in [2.45, 2.75) is 44.7 Å².